The number of thioether (sulfide) groups is 1. The van der Waals surface area contributed by atoms with Crippen molar-refractivity contribution < 1.29 is 9.53 Å². The number of rotatable bonds is 7. The van der Waals surface area contributed by atoms with Gasteiger partial charge in [-0.3, -0.25) is 9.69 Å². The molecule has 7 heteroatoms. The highest BCUT2D eigenvalue weighted by atomic mass is 79.9. The topological polar surface area (TPSA) is 42.4 Å². The lowest BCUT2D eigenvalue weighted by molar-refractivity contribution is -0.116. The van der Waals surface area contributed by atoms with Crippen LogP contribution in [0.15, 0.2) is 82.2 Å². The van der Waals surface area contributed by atoms with Crippen LogP contribution >= 0.6 is 39.0 Å². The van der Waals surface area contributed by atoms with E-state index in [4.69, 9.17) is 9.72 Å². The molecule has 4 nitrogen and oxygen atoms in total. The molecule has 0 aliphatic rings. The molecule has 0 atom stereocenters. The number of carbonyl (C=O) groups is 1. The summed E-state index contributed by atoms with van der Waals surface area (Å²) in [7, 11) is 1.64. The Kier molecular flexibility index (Phi) is 6.72. The first-order valence-corrected chi connectivity index (χ1v) is 11.9. The van der Waals surface area contributed by atoms with Crippen LogP contribution in [0.3, 0.4) is 0 Å². The largest absolute Gasteiger partial charge is 0.497 e. The molecule has 1 heterocycles. The van der Waals surface area contributed by atoms with Gasteiger partial charge in [0.25, 0.3) is 0 Å². The van der Waals surface area contributed by atoms with Gasteiger partial charge in [-0.2, -0.15) is 0 Å². The van der Waals surface area contributed by atoms with Crippen molar-refractivity contribution in [3.05, 3.63) is 82.8 Å². The van der Waals surface area contributed by atoms with Crippen LogP contribution in [0.1, 0.15) is 5.56 Å². The van der Waals surface area contributed by atoms with E-state index in [-0.39, 0.29) is 5.91 Å². The molecule has 0 bridgehead atoms. The smallest absolute Gasteiger partial charge is 0.239 e. The average molecular weight is 499 g/mol. The SMILES string of the molecule is COc1ccc(SCC(=O)N(Cc2ccccc2)c2nc3ccc(Br)cc3s2)cc1. The van der Waals surface area contributed by atoms with Crippen molar-refractivity contribution in [2.75, 3.05) is 17.8 Å². The third kappa shape index (κ3) is 5.03. The van der Waals surface area contributed by atoms with Gasteiger partial charge in [-0.05, 0) is 48.0 Å². The summed E-state index contributed by atoms with van der Waals surface area (Å²) in [6.45, 7) is 0.490. The minimum absolute atomic E-state index is 0.0257. The van der Waals surface area contributed by atoms with Crippen molar-refractivity contribution in [3.8, 4) is 5.75 Å². The van der Waals surface area contributed by atoms with E-state index in [1.807, 2.05) is 72.8 Å². The van der Waals surface area contributed by atoms with E-state index >= 15 is 0 Å². The lowest BCUT2D eigenvalue weighted by atomic mass is 10.2. The first-order chi connectivity index (χ1) is 14.6. The molecule has 4 aromatic rings. The zero-order chi connectivity index (χ0) is 20.9. The normalized spacial score (nSPS) is 10.9. The number of halogens is 1. The second-order valence-corrected chi connectivity index (χ2v) is 9.51. The summed E-state index contributed by atoms with van der Waals surface area (Å²) in [6, 6.07) is 23.7. The monoisotopic (exact) mass is 498 g/mol. The van der Waals surface area contributed by atoms with Crippen molar-refractivity contribution in [3.63, 3.8) is 0 Å². The lowest BCUT2D eigenvalue weighted by Gasteiger charge is -2.20. The Morgan fingerprint density at radius 3 is 2.60 bits per heavy atom. The number of anilines is 1. The highest BCUT2D eigenvalue weighted by Crippen LogP contribution is 2.32. The van der Waals surface area contributed by atoms with E-state index in [0.29, 0.717) is 17.4 Å². The van der Waals surface area contributed by atoms with Crippen LogP contribution in [0.25, 0.3) is 10.2 Å². The van der Waals surface area contributed by atoms with Crippen LogP contribution in [0.4, 0.5) is 5.13 Å². The molecule has 0 saturated carbocycles. The van der Waals surface area contributed by atoms with Crippen molar-refractivity contribution in [1.82, 2.24) is 4.98 Å². The molecular weight excluding hydrogens is 480 g/mol. The Hall–Kier alpha value is -2.35. The molecule has 0 N–H and O–H groups in total. The van der Waals surface area contributed by atoms with Gasteiger partial charge in [0.05, 0.1) is 29.6 Å². The van der Waals surface area contributed by atoms with Crippen LogP contribution in [0.5, 0.6) is 5.75 Å². The fraction of sp³-hybridized carbons (Fsp3) is 0.130. The molecule has 0 saturated heterocycles. The van der Waals surface area contributed by atoms with E-state index in [1.54, 1.807) is 12.0 Å². The van der Waals surface area contributed by atoms with Gasteiger partial charge >= 0.3 is 0 Å². The number of benzene rings is 3. The van der Waals surface area contributed by atoms with Gasteiger partial charge in [-0.1, -0.05) is 57.6 Å². The Balaban J connectivity index is 1.57. The molecule has 0 spiro atoms. The number of methoxy groups -OCH3 is 1. The van der Waals surface area contributed by atoms with E-state index in [9.17, 15) is 4.79 Å². The number of fused-ring (bicyclic) bond motifs is 1. The fourth-order valence-electron chi connectivity index (χ4n) is 2.93. The number of nitrogens with zero attached hydrogens (tertiary/aromatic N) is 2. The van der Waals surface area contributed by atoms with Gasteiger partial charge in [-0.15, -0.1) is 11.8 Å². The van der Waals surface area contributed by atoms with Gasteiger partial charge in [0, 0.05) is 9.37 Å². The van der Waals surface area contributed by atoms with Crippen LogP contribution in [-0.4, -0.2) is 23.8 Å². The van der Waals surface area contributed by atoms with Crippen LogP contribution in [-0.2, 0) is 11.3 Å². The highest BCUT2D eigenvalue weighted by molar-refractivity contribution is 9.10. The second-order valence-electron chi connectivity index (χ2n) is 6.54. The Bertz CT molecular complexity index is 1150. The molecule has 0 unspecified atom stereocenters. The number of aromatic nitrogens is 1. The molecule has 0 aliphatic heterocycles. The quantitative estimate of drug-likeness (QED) is 0.276. The number of hydrogen-bond acceptors (Lipinski definition) is 5. The van der Waals surface area contributed by atoms with Gasteiger partial charge in [0.15, 0.2) is 5.13 Å². The van der Waals surface area contributed by atoms with Gasteiger partial charge < -0.3 is 4.74 Å². The summed E-state index contributed by atoms with van der Waals surface area (Å²) in [5, 5.41) is 0.715. The highest BCUT2D eigenvalue weighted by Gasteiger charge is 2.20. The Morgan fingerprint density at radius 2 is 1.87 bits per heavy atom. The molecule has 1 aromatic heterocycles. The van der Waals surface area contributed by atoms with Crippen molar-refractivity contribution in [1.29, 1.82) is 0 Å². The lowest BCUT2D eigenvalue weighted by Crippen LogP contribution is -2.31. The predicted molar refractivity (Wildman–Crippen MR) is 129 cm³/mol. The minimum Gasteiger partial charge on any atom is -0.497 e. The van der Waals surface area contributed by atoms with E-state index in [0.717, 1.165) is 30.9 Å². The van der Waals surface area contributed by atoms with E-state index < -0.39 is 0 Å². The van der Waals surface area contributed by atoms with Crippen molar-refractivity contribution in [2.45, 2.75) is 11.4 Å². The predicted octanol–water partition coefficient (Wildman–Crippen LogP) is 6.39. The summed E-state index contributed by atoms with van der Waals surface area (Å²) in [6.07, 6.45) is 0. The molecular formula is C23H19BrN2O2S2. The summed E-state index contributed by atoms with van der Waals surface area (Å²) in [5.74, 6) is 1.16. The van der Waals surface area contributed by atoms with Crippen LogP contribution in [0.2, 0.25) is 0 Å². The van der Waals surface area contributed by atoms with Gasteiger partial charge in [0.1, 0.15) is 5.75 Å². The molecule has 1 amide bonds. The number of thiazole rings is 1. The van der Waals surface area contributed by atoms with Crippen molar-refractivity contribution in [2.24, 2.45) is 0 Å². The molecule has 152 valence electrons. The van der Waals surface area contributed by atoms with E-state index in [2.05, 4.69) is 15.9 Å². The summed E-state index contributed by atoms with van der Waals surface area (Å²) < 4.78 is 7.25. The second kappa shape index (κ2) is 9.64. The fourth-order valence-corrected chi connectivity index (χ4v) is 5.23. The van der Waals surface area contributed by atoms with E-state index in [1.165, 1.54) is 23.1 Å². The Morgan fingerprint density at radius 1 is 1.10 bits per heavy atom. The zero-order valence-corrected chi connectivity index (χ0v) is 19.5. The molecule has 0 fully saturated rings. The maximum absolute atomic E-state index is 13.2. The molecule has 4 rings (SSSR count). The van der Waals surface area contributed by atoms with Crippen LogP contribution < -0.4 is 9.64 Å². The standard InChI is InChI=1S/C23H19BrN2O2S2/c1-28-18-8-10-19(11-9-18)29-15-22(27)26(14-16-5-3-2-4-6-16)23-25-20-12-7-17(24)13-21(20)30-23/h2-13H,14-15H2,1H3. The number of amides is 1. The van der Waals surface area contributed by atoms with Gasteiger partial charge in [-0.25, -0.2) is 4.98 Å². The first kappa shape index (κ1) is 20.9. The summed E-state index contributed by atoms with van der Waals surface area (Å²) in [5.41, 5.74) is 1.97. The zero-order valence-electron chi connectivity index (χ0n) is 16.2. The molecule has 0 radical (unpaired) electrons. The minimum atomic E-state index is 0.0257. The maximum atomic E-state index is 13.2. The number of carbonyl (C=O) groups excluding carboxylic acids is 1. The maximum Gasteiger partial charge on any atom is 0.239 e. The summed E-state index contributed by atoms with van der Waals surface area (Å²) in [4.78, 5) is 20.8. The van der Waals surface area contributed by atoms with Crippen LogP contribution in [0, 0.1) is 0 Å². The average Bonchev–Trinajstić information content (AvgIpc) is 3.19. The van der Waals surface area contributed by atoms with Crippen molar-refractivity contribution >= 4 is 60.3 Å². The Labute approximate surface area is 192 Å². The molecule has 3 aromatic carbocycles. The third-order valence-electron chi connectivity index (χ3n) is 4.48. The number of ether oxygens (including phenoxy) is 1. The third-order valence-corrected chi connectivity index (χ3v) is 7.01. The molecule has 0 aliphatic carbocycles. The summed E-state index contributed by atoms with van der Waals surface area (Å²) >= 11 is 6.55. The number of hydrogen-bond donors (Lipinski definition) is 0. The first-order valence-electron chi connectivity index (χ1n) is 9.29. The molecule has 30 heavy (non-hydrogen) atoms. The van der Waals surface area contributed by atoms with Gasteiger partial charge in [0.2, 0.25) is 5.91 Å².